The lowest BCUT2D eigenvalue weighted by atomic mass is 10.2. The summed E-state index contributed by atoms with van der Waals surface area (Å²) in [5.74, 6) is -2.93. The van der Waals surface area contributed by atoms with E-state index in [-0.39, 0.29) is 5.56 Å². The van der Waals surface area contributed by atoms with Crippen LogP contribution in [0.1, 0.15) is 36.9 Å². The Hall–Kier alpha value is -2.28. The number of thiophene rings is 1. The second kappa shape index (κ2) is 5.84. The molecule has 0 saturated heterocycles. The normalized spacial score (nSPS) is 12.8. The molecular weight excluding hydrogens is 310 g/mol. The van der Waals surface area contributed by atoms with Crippen LogP contribution < -0.4 is 10.9 Å². The van der Waals surface area contributed by atoms with Gasteiger partial charge in [0, 0.05) is 16.5 Å². The van der Waals surface area contributed by atoms with Crippen LogP contribution >= 0.6 is 11.3 Å². The van der Waals surface area contributed by atoms with Gasteiger partial charge in [0.25, 0.3) is 11.8 Å². The summed E-state index contributed by atoms with van der Waals surface area (Å²) in [5, 5.41) is 0. The van der Waals surface area contributed by atoms with Crippen molar-refractivity contribution in [3.05, 3.63) is 56.8 Å². The fourth-order valence-corrected chi connectivity index (χ4v) is 3.52. The molecule has 2 N–H and O–H groups in total. The Balaban J connectivity index is 1.63. The van der Waals surface area contributed by atoms with Gasteiger partial charge in [0.05, 0.1) is 4.88 Å². The van der Waals surface area contributed by atoms with Gasteiger partial charge in [0.2, 0.25) is 0 Å². The molecule has 0 atom stereocenters. The molecule has 1 heterocycles. The van der Waals surface area contributed by atoms with Crippen molar-refractivity contribution >= 4 is 23.2 Å². The molecule has 1 aliphatic rings. The Morgan fingerprint density at radius 1 is 0.955 bits per heavy atom. The van der Waals surface area contributed by atoms with Crippen LogP contribution in [0.2, 0.25) is 0 Å². The summed E-state index contributed by atoms with van der Waals surface area (Å²) in [6, 6.07) is 4.27. The maximum atomic E-state index is 13.0. The van der Waals surface area contributed by atoms with E-state index in [1.54, 1.807) is 0 Å². The van der Waals surface area contributed by atoms with E-state index in [2.05, 4.69) is 10.9 Å². The highest BCUT2D eigenvalue weighted by molar-refractivity contribution is 7.14. The first-order valence-electron chi connectivity index (χ1n) is 6.71. The van der Waals surface area contributed by atoms with Crippen molar-refractivity contribution in [2.75, 3.05) is 0 Å². The molecule has 0 bridgehead atoms. The predicted molar refractivity (Wildman–Crippen MR) is 77.6 cm³/mol. The highest BCUT2D eigenvalue weighted by atomic mass is 32.1. The Morgan fingerprint density at radius 3 is 2.32 bits per heavy atom. The van der Waals surface area contributed by atoms with Crippen molar-refractivity contribution < 1.29 is 18.4 Å². The second-order valence-corrected chi connectivity index (χ2v) is 6.12. The van der Waals surface area contributed by atoms with Gasteiger partial charge in [0.15, 0.2) is 0 Å². The van der Waals surface area contributed by atoms with Gasteiger partial charge in [-0.15, -0.1) is 11.3 Å². The summed E-state index contributed by atoms with van der Waals surface area (Å²) in [5.41, 5.74) is 5.38. The van der Waals surface area contributed by atoms with Crippen LogP contribution in [0.3, 0.4) is 0 Å². The van der Waals surface area contributed by atoms with E-state index in [1.807, 2.05) is 6.07 Å². The molecule has 0 aliphatic heterocycles. The number of nitrogens with one attached hydrogen (secondary N) is 2. The zero-order chi connectivity index (χ0) is 15.7. The molecule has 0 unspecified atom stereocenters. The zero-order valence-electron chi connectivity index (χ0n) is 11.4. The molecule has 0 radical (unpaired) electrons. The highest BCUT2D eigenvalue weighted by Crippen LogP contribution is 2.30. The summed E-state index contributed by atoms with van der Waals surface area (Å²) in [6.07, 6.45) is 3.04. The number of carbonyl (C=O) groups excluding carboxylic acids is 2. The number of rotatable bonds is 2. The molecule has 0 fully saturated rings. The molecular formula is C15H12F2N2O2S. The zero-order valence-corrected chi connectivity index (χ0v) is 12.2. The van der Waals surface area contributed by atoms with Crippen LogP contribution in [0.25, 0.3) is 0 Å². The Morgan fingerprint density at radius 2 is 1.64 bits per heavy atom. The van der Waals surface area contributed by atoms with Crippen molar-refractivity contribution in [3.8, 4) is 0 Å². The summed E-state index contributed by atoms with van der Waals surface area (Å²) < 4.78 is 26.1. The molecule has 4 nitrogen and oxygen atoms in total. The number of halogens is 2. The smallest absolute Gasteiger partial charge is 0.267 e. The first-order chi connectivity index (χ1) is 10.5. The molecule has 1 aromatic heterocycles. The van der Waals surface area contributed by atoms with Crippen molar-refractivity contribution in [2.45, 2.75) is 19.3 Å². The third-order valence-corrected chi connectivity index (χ3v) is 4.62. The summed E-state index contributed by atoms with van der Waals surface area (Å²) in [4.78, 5) is 25.4. The first kappa shape index (κ1) is 14.6. The van der Waals surface area contributed by atoms with E-state index in [1.165, 1.54) is 21.8 Å². The molecule has 22 heavy (non-hydrogen) atoms. The highest BCUT2D eigenvalue weighted by Gasteiger charge is 2.19. The van der Waals surface area contributed by atoms with Gasteiger partial charge >= 0.3 is 0 Å². The number of carbonyl (C=O) groups is 2. The minimum atomic E-state index is -0.855. The van der Waals surface area contributed by atoms with Crippen molar-refractivity contribution in [1.29, 1.82) is 0 Å². The van der Waals surface area contributed by atoms with Gasteiger partial charge in [-0.3, -0.25) is 20.4 Å². The van der Waals surface area contributed by atoms with E-state index in [0.29, 0.717) is 10.9 Å². The number of hydrogen-bond acceptors (Lipinski definition) is 3. The van der Waals surface area contributed by atoms with E-state index in [0.717, 1.165) is 31.4 Å². The summed E-state index contributed by atoms with van der Waals surface area (Å²) >= 11 is 1.40. The van der Waals surface area contributed by atoms with Crippen LogP contribution in [0.4, 0.5) is 8.78 Å². The molecule has 114 valence electrons. The van der Waals surface area contributed by atoms with Crippen molar-refractivity contribution in [2.24, 2.45) is 0 Å². The minimum absolute atomic E-state index is 0.202. The van der Waals surface area contributed by atoms with Gasteiger partial charge in [0.1, 0.15) is 11.6 Å². The van der Waals surface area contributed by atoms with E-state index in [9.17, 15) is 18.4 Å². The Labute approximate surface area is 129 Å². The molecule has 0 saturated carbocycles. The molecule has 3 rings (SSSR count). The average molecular weight is 322 g/mol. The number of amides is 2. The largest absolute Gasteiger partial charge is 0.279 e. The van der Waals surface area contributed by atoms with E-state index < -0.39 is 23.4 Å². The van der Waals surface area contributed by atoms with Gasteiger partial charge in [-0.05, 0) is 43.0 Å². The maximum Gasteiger partial charge on any atom is 0.279 e. The van der Waals surface area contributed by atoms with E-state index in [4.69, 9.17) is 0 Å². The maximum absolute atomic E-state index is 13.0. The molecule has 2 aromatic rings. The lowest BCUT2D eigenvalue weighted by Gasteiger charge is -2.06. The van der Waals surface area contributed by atoms with Gasteiger partial charge in [-0.1, -0.05) is 0 Å². The molecule has 2 amide bonds. The summed E-state index contributed by atoms with van der Waals surface area (Å²) in [6.45, 7) is 0. The quantitative estimate of drug-likeness (QED) is 0.835. The number of aryl methyl sites for hydroxylation is 2. The summed E-state index contributed by atoms with van der Waals surface area (Å²) in [7, 11) is 0. The lowest BCUT2D eigenvalue weighted by Crippen LogP contribution is -2.41. The van der Waals surface area contributed by atoms with Gasteiger partial charge in [-0.2, -0.15) is 0 Å². The van der Waals surface area contributed by atoms with Crippen molar-refractivity contribution in [1.82, 2.24) is 10.9 Å². The van der Waals surface area contributed by atoms with E-state index >= 15 is 0 Å². The van der Waals surface area contributed by atoms with Crippen molar-refractivity contribution in [3.63, 3.8) is 0 Å². The fourth-order valence-electron chi connectivity index (χ4n) is 2.37. The Kier molecular flexibility index (Phi) is 3.89. The third-order valence-electron chi connectivity index (χ3n) is 3.38. The number of fused-ring (bicyclic) bond motifs is 1. The number of benzene rings is 1. The molecule has 7 heteroatoms. The monoisotopic (exact) mass is 322 g/mol. The Bertz CT molecular complexity index is 716. The first-order valence-corrected chi connectivity index (χ1v) is 7.53. The third kappa shape index (κ3) is 2.99. The van der Waals surface area contributed by atoms with Gasteiger partial charge in [-0.25, -0.2) is 8.78 Å². The number of hydrazine groups is 1. The standard InChI is InChI=1S/C15H12F2N2O2S/c16-10-4-9(5-11(17)7-10)14(20)18-19-15(21)13-6-8-2-1-3-12(8)22-13/h4-7H,1-3H2,(H,18,20)(H,19,21). The number of hydrogen-bond donors (Lipinski definition) is 2. The average Bonchev–Trinajstić information content (AvgIpc) is 3.04. The van der Waals surface area contributed by atoms with Crippen LogP contribution in [-0.4, -0.2) is 11.8 Å². The second-order valence-electron chi connectivity index (χ2n) is 4.98. The molecule has 1 aromatic carbocycles. The predicted octanol–water partition coefficient (Wildman–Crippen LogP) is 2.59. The molecule has 1 aliphatic carbocycles. The molecule has 0 spiro atoms. The SMILES string of the molecule is O=C(NNC(=O)c1cc2c(s1)CCC2)c1cc(F)cc(F)c1. The lowest BCUT2D eigenvalue weighted by molar-refractivity contribution is 0.0848. The van der Waals surface area contributed by atoms with Crippen LogP contribution in [-0.2, 0) is 12.8 Å². The fraction of sp³-hybridized carbons (Fsp3) is 0.200. The van der Waals surface area contributed by atoms with Crippen LogP contribution in [0.15, 0.2) is 24.3 Å². The topological polar surface area (TPSA) is 58.2 Å². The van der Waals surface area contributed by atoms with Gasteiger partial charge < -0.3 is 0 Å². The minimum Gasteiger partial charge on any atom is -0.267 e. The van der Waals surface area contributed by atoms with Crippen LogP contribution in [0.5, 0.6) is 0 Å². The van der Waals surface area contributed by atoms with Crippen LogP contribution in [0, 0.1) is 11.6 Å².